The first-order valence-corrected chi connectivity index (χ1v) is 32.3. The van der Waals surface area contributed by atoms with Crippen LogP contribution < -0.4 is 75.7 Å². The van der Waals surface area contributed by atoms with Crippen molar-refractivity contribution >= 4 is 94.7 Å². The number of hydrogen-bond acceptors (Lipinski definition) is 20. The number of nitrogens with zero attached hydrogens (tertiary/aromatic N) is 1. The van der Waals surface area contributed by atoms with Crippen LogP contribution in [0.25, 0.3) is 0 Å². The van der Waals surface area contributed by atoms with Crippen LogP contribution in [0.3, 0.4) is 0 Å². The summed E-state index contributed by atoms with van der Waals surface area (Å²) in [6.07, 6.45) is -4.13. The molecule has 0 saturated carbocycles. The molecule has 13 atom stereocenters. The van der Waals surface area contributed by atoms with Crippen LogP contribution in [0.4, 0.5) is 0 Å². The summed E-state index contributed by atoms with van der Waals surface area (Å²) in [5.74, 6) is -18.7. The van der Waals surface area contributed by atoms with Crippen LogP contribution in [0, 0.1) is 17.8 Å². The van der Waals surface area contributed by atoms with Crippen LogP contribution >= 0.6 is 0 Å². The van der Waals surface area contributed by atoms with Gasteiger partial charge in [-0.05, 0) is 95.1 Å². The first-order chi connectivity index (χ1) is 45.9. The van der Waals surface area contributed by atoms with E-state index in [-0.39, 0.29) is 57.5 Å². The van der Waals surface area contributed by atoms with Crippen molar-refractivity contribution in [3.05, 3.63) is 35.9 Å². The first-order valence-electron chi connectivity index (χ1n) is 32.3. The van der Waals surface area contributed by atoms with Gasteiger partial charge in [0.1, 0.15) is 72.5 Å². The number of likely N-dealkylation sites (tertiary alicyclic amines) is 1. The molecule has 36 nitrogen and oxygen atoms in total. The number of amides is 13. The van der Waals surface area contributed by atoms with E-state index in [1.807, 2.05) is 0 Å². The van der Waals surface area contributed by atoms with Crippen molar-refractivity contribution in [2.75, 3.05) is 26.2 Å². The van der Waals surface area contributed by atoms with E-state index in [1.54, 1.807) is 58.0 Å². The number of carbonyl (C=O) groups is 16. The van der Waals surface area contributed by atoms with Crippen LogP contribution in [0.1, 0.15) is 132 Å². The maximum Gasteiger partial charge on any atom is 0.326 e. The van der Waals surface area contributed by atoms with Gasteiger partial charge in [-0.2, -0.15) is 0 Å². The number of aliphatic hydroxyl groups excluding tert-OH is 2. The van der Waals surface area contributed by atoms with E-state index in [0.29, 0.717) is 12.0 Å². The molecule has 1 aromatic carbocycles. The maximum absolute atomic E-state index is 14.3. The van der Waals surface area contributed by atoms with Gasteiger partial charge in [0.25, 0.3) is 0 Å². The fourth-order valence-electron chi connectivity index (χ4n) is 10.1. The highest BCUT2D eigenvalue weighted by Crippen LogP contribution is 2.21. The third-order valence-electron chi connectivity index (χ3n) is 15.5. The van der Waals surface area contributed by atoms with Gasteiger partial charge in [0, 0.05) is 25.8 Å². The van der Waals surface area contributed by atoms with Gasteiger partial charge in [0.05, 0.1) is 25.7 Å². The van der Waals surface area contributed by atoms with Crippen molar-refractivity contribution in [3.63, 3.8) is 0 Å². The van der Waals surface area contributed by atoms with Gasteiger partial charge >= 0.3 is 17.9 Å². The minimum Gasteiger partial charge on any atom is -0.481 e. The molecule has 2 rings (SSSR count). The SMILES string of the molecule is CC(C)C[C@H](NC(=O)[C@@H](NC(=O)[C@H](CCC(=O)O)NC(=O)[C@H](CCCCN)NC(=O)CNC(=O)[C@H](CCC(=O)O)NC(=O)[C@H](C)NC(=O)[C@@H](NC(=O)[C@H](CC(N)=O)NC(=O)[C@H](Cc1ccccc1)NC(=O)[C@@H]1CCCN1C(=O)[C@@H](NC(=O)[C@@H](N)CO)[C@@H](C)O)C(C)C)C(C)C)C(=O)O. The molecule has 0 aromatic heterocycles. The quantitative estimate of drug-likeness (QED) is 0.0271. The van der Waals surface area contributed by atoms with Crippen LogP contribution in [0.5, 0.6) is 0 Å². The number of rotatable bonds is 44. The summed E-state index contributed by atoms with van der Waals surface area (Å²) in [5, 5.41) is 74.9. The van der Waals surface area contributed by atoms with E-state index in [1.165, 1.54) is 27.7 Å². The number of nitrogens with one attached hydrogen (secondary N) is 11. The molecular formula is C62H99N15O21. The first kappa shape index (κ1) is 84.7. The number of aliphatic carboxylic acids is 3. The lowest BCUT2D eigenvalue weighted by atomic mass is 9.99. The Morgan fingerprint density at radius 1 is 0.551 bits per heavy atom. The largest absolute Gasteiger partial charge is 0.481 e. The Balaban J connectivity index is 2.31. The molecule has 1 aliphatic heterocycles. The fraction of sp³-hybridized carbons (Fsp3) is 0.645. The average molecular weight is 1390 g/mol. The Bertz CT molecular complexity index is 2950. The molecule has 1 fully saturated rings. The maximum atomic E-state index is 14.3. The molecule has 0 bridgehead atoms. The second kappa shape index (κ2) is 42.3. The average Bonchev–Trinajstić information content (AvgIpc) is 1.61. The van der Waals surface area contributed by atoms with Crippen molar-refractivity contribution in [1.82, 2.24) is 63.4 Å². The lowest BCUT2D eigenvalue weighted by Gasteiger charge is -2.31. The monoisotopic (exact) mass is 1390 g/mol. The molecule has 98 heavy (non-hydrogen) atoms. The molecule has 22 N–H and O–H groups in total. The van der Waals surface area contributed by atoms with Gasteiger partial charge in [-0.3, -0.25) is 71.9 Å². The van der Waals surface area contributed by atoms with Crippen molar-refractivity contribution in [2.24, 2.45) is 35.0 Å². The highest BCUT2D eigenvalue weighted by atomic mass is 16.4. The highest BCUT2D eigenvalue weighted by molar-refractivity contribution is 6.00. The van der Waals surface area contributed by atoms with Crippen molar-refractivity contribution in [1.29, 1.82) is 0 Å². The zero-order chi connectivity index (χ0) is 74.3. The van der Waals surface area contributed by atoms with Gasteiger partial charge < -0.3 is 106 Å². The molecule has 0 spiro atoms. The standard InChI is InChI=1S/C62H99N15O21/c1-30(2)25-42(62(97)98)73-60(95)49(32(5)6)74-55(90)39(20-22-47(84)85)70-54(89)37(17-12-13-23-63)68-45(81)28-66-53(88)38(19-21-46(82)83)69-51(86)33(7)67-59(94)48(31(3)4)75-57(92)41(27-44(65)80)71-56(91)40(26-35-15-10-9-11-16-35)72-58(93)43-18-14-24-77(43)61(96)50(34(8)79)76-52(87)36(64)29-78/h9-11,15-16,30-34,36-43,48-50,78-79H,12-14,17-29,63-64H2,1-8H3,(H2,65,80)(H,66,88)(H,67,94)(H,68,81)(H,69,86)(H,70,89)(H,71,91)(H,72,93)(H,73,95)(H,74,90)(H,75,92)(H,76,87)(H,82,83)(H,84,85)(H,97,98)/t33-,34+,36-,37-,38-,39-,40-,41-,42-,43-,48-,49-,50-/m0/s1. The minimum atomic E-state index is -1.81. The van der Waals surface area contributed by atoms with E-state index in [2.05, 4.69) is 58.5 Å². The number of primary amides is 1. The van der Waals surface area contributed by atoms with Crippen molar-refractivity contribution in [3.8, 4) is 0 Å². The Morgan fingerprint density at radius 2 is 1.04 bits per heavy atom. The number of carboxylic acids is 3. The number of nitrogens with two attached hydrogens (primary N) is 3. The number of hydrogen-bond donors (Lipinski definition) is 19. The van der Waals surface area contributed by atoms with Gasteiger partial charge in [0.2, 0.25) is 76.8 Å². The Morgan fingerprint density at radius 3 is 1.55 bits per heavy atom. The summed E-state index contributed by atoms with van der Waals surface area (Å²) in [5.41, 5.74) is 17.3. The number of carbonyl (C=O) groups excluding carboxylic acids is 13. The van der Waals surface area contributed by atoms with Gasteiger partial charge in [0.15, 0.2) is 0 Å². The van der Waals surface area contributed by atoms with E-state index < -0.39 is 230 Å². The van der Waals surface area contributed by atoms with Crippen LogP contribution in [0.15, 0.2) is 30.3 Å². The normalized spacial score (nSPS) is 16.4. The Hall–Kier alpha value is -9.42. The molecule has 0 aliphatic carbocycles. The number of benzene rings is 1. The van der Waals surface area contributed by atoms with E-state index in [0.717, 1.165) is 4.90 Å². The molecule has 548 valence electrons. The lowest BCUT2D eigenvalue weighted by molar-refractivity contribution is -0.144. The molecule has 1 saturated heterocycles. The highest BCUT2D eigenvalue weighted by Gasteiger charge is 2.42. The van der Waals surface area contributed by atoms with Crippen LogP contribution in [0.2, 0.25) is 0 Å². The predicted octanol–water partition coefficient (Wildman–Crippen LogP) is -5.92. The summed E-state index contributed by atoms with van der Waals surface area (Å²) >= 11 is 0. The fourth-order valence-corrected chi connectivity index (χ4v) is 10.1. The summed E-state index contributed by atoms with van der Waals surface area (Å²) in [7, 11) is 0. The van der Waals surface area contributed by atoms with Gasteiger partial charge in [-0.15, -0.1) is 0 Å². The Kier molecular flexibility index (Phi) is 36.5. The predicted molar refractivity (Wildman–Crippen MR) is 347 cm³/mol. The molecule has 1 aromatic rings. The summed E-state index contributed by atoms with van der Waals surface area (Å²) in [4.78, 5) is 213. The van der Waals surface area contributed by atoms with Crippen molar-refractivity contribution in [2.45, 2.75) is 211 Å². The second-order valence-corrected chi connectivity index (χ2v) is 25.0. The number of unbranched alkanes of at least 4 members (excludes halogenated alkanes) is 1. The zero-order valence-electron chi connectivity index (χ0n) is 56.4. The van der Waals surface area contributed by atoms with Crippen LogP contribution in [-0.4, -0.2) is 230 Å². The van der Waals surface area contributed by atoms with Gasteiger partial charge in [-0.25, -0.2) is 4.79 Å². The Labute approximate surface area is 566 Å². The molecule has 1 heterocycles. The topological polar surface area (TPSA) is 588 Å². The smallest absolute Gasteiger partial charge is 0.326 e. The summed E-state index contributed by atoms with van der Waals surface area (Å²) < 4.78 is 0. The second-order valence-electron chi connectivity index (χ2n) is 25.0. The number of aliphatic hydroxyl groups is 2. The molecule has 13 amide bonds. The molecule has 1 aliphatic rings. The molecular weight excluding hydrogens is 1290 g/mol. The molecule has 0 unspecified atom stereocenters. The van der Waals surface area contributed by atoms with Crippen LogP contribution in [-0.2, 0) is 83.1 Å². The summed E-state index contributed by atoms with van der Waals surface area (Å²) in [6.45, 7) is 10.4. The summed E-state index contributed by atoms with van der Waals surface area (Å²) in [6, 6.07) is -9.91. The van der Waals surface area contributed by atoms with Gasteiger partial charge in [-0.1, -0.05) is 71.9 Å². The van der Waals surface area contributed by atoms with E-state index in [9.17, 15) is 102 Å². The lowest BCUT2D eigenvalue weighted by Crippen LogP contribution is -2.61. The zero-order valence-corrected chi connectivity index (χ0v) is 56.4. The van der Waals surface area contributed by atoms with E-state index in [4.69, 9.17) is 17.2 Å². The minimum absolute atomic E-state index is 0.00687. The van der Waals surface area contributed by atoms with Crippen molar-refractivity contribution < 1.29 is 102 Å². The third-order valence-corrected chi connectivity index (χ3v) is 15.5. The third kappa shape index (κ3) is 29.5. The number of carboxylic acid groups (broad SMARTS) is 3. The van der Waals surface area contributed by atoms with E-state index >= 15 is 0 Å². The molecule has 36 heteroatoms. The molecule has 0 radical (unpaired) electrons.